The molecule has 0 aliphatic rings. The highest BCUT2D eigenvalue weighted by Crippen LogP contribution is 2.13. The van der Waals surface area contributed by atoms with E-state index in [9.17, 15) is 0 Å². The molecule has 0 saturated carbocycles. The van der Waals surface area contributed by atoms with Crippen molar-refractivity contribution in [3.63, 3.8) is 0 Å². The van der Waals surface area contributed by atoms with Gasteiger partial charge in [-0.3, -0.25) is 4.68 Å². The monoisotopic (exact) mass is 245 g/mol. The van der Waals surface area contributed by atoms with Crippen LogP contribution in [0.5, 0.6) is 0 Å². The van der Waals surface area contributed by atoms with Crippen molar-refractivity contribution in [1.82, 2.24) is 9.78 Å². The van der Waals surface area contributed by atoms with Crippen molar-refractivity contribution < 1.29 is 5.11 Å². The van der Waals surface area contributed by atoms with E-state index in [4.69, 9.17) is 5.11 Å². The zero-order valence-corrected chi connectivity index (χ0v) is 10.4. The molecule has 18 heavy (non-hydrogen) atoms. The second-order valence-electron chi connectivity index (χ2n) is 4.17. The van der Waals surface area contributed by atoms with E-state index < -0.39 is 0 Å². The van der Waals surface area contributed by atoms with Crippen molar-refractivity contribution in [1.29, 1.82) is 0 Å². The lowest BCUT2D eigenvalue weighted by atomic mass is 10.2. The Balaban J connectivity index is 1.96. The highest BCUT2D eigenvalue weighted by atomic mass is 16.3. The molecule has 0 spiro atoms. The Labute approximate surface area is 107 Å². The second kappa shape index (κ2) is 6.81. The molecule has 0 atom stereocenters. The van der Waals surface area contributed by atoms with E-state index >= 15 is 0 Å². The quantitative estimate of drug-likeness (QED) is 0.808. The Morgan fingerprint density at radius 1 is 1.11 bits per heavy atom. The standard InChI is InChI=1S/C14H19N3O/c18-13-5-9-16(14-6-2-1-3-7-14)11-12-17-10-4-8-15-17/h1-4,6-8,10,18H,5,9,11-13H2. The summed E-state index contributed by atoms with van der Waals surface area (Å²) in [7, 11) is 0. The van der Waals surface area contributed by atoms with Gasteiger partial charge in [0.1, 0.15) is 0 Å². The average molecular weight is 245 g/mol. The molecule has 1 aromatic heterocycles. The number of anilines is 1. The lowest BCUT2D eigenvalue weighted by Gasteiger charge is -2.24. The molecule has 96 valence electrons. The van der Waals surface area contributed by atoms with Gasteiger partial charge in [-0.2, -0.15) is 5.10 Å². The van der Waals surface area contributed by atoms with E-state index in [0.717, 1.165) is 26.1 Å². The van der Waals surface area contributed by atoms with Crippen LogP contribution in [0.1, 0.15) is 6.42 Å². The number of rotatable bonds is 7. The van der Waals surface area contributed by atoms with Gasteiger partial charge in [-0.15, -0.1) is 0 Å². The molecule has 0 bridgehead atoms. The topological polar surface area (TPSA) is 41.3 Å². The molecule has 0 aliphatic carbocycles. The van der Waals surface area contributed by atoms with Crippen LogP contribution in [0.4, 0.5) is 5.69 Å². The molecule has 0 unspecified atom stereocenters. The second-order valence-corrected chi connectivity index (χ2v) is 4.17. The molecular weight excluding hydrogens is 226 g/mol. The summed E-state index contributed by atoms with van der Waals surface area (Å²) >= 11 is 0. The molecule has 4 nitrogen and oxygen atoms in total. The first kappa shape index (κ1) is 12.6. The van der Waals surface area contributed by atoms with Gasteiger partial charge in [0.2, 0.25) is 0 Å². The summed E-state index contributed by atoms with van der Waals surface area (Å²) in [5, 5.41) is 13.2. The number of hydrogen-bond donors (Lipinski definition) is 1. The first-order valence-corrected chi connectivity index (χ1v) is 6.28. The summed E-state index contributed by atoms with van der Waals surface area (Å²) in [6.45, 7) is 2.84. The lowest BCUT2D eigenvalue weighted by Crippen LogP contribution is -2.29. The minimum atomic E-state index is 0.227. The van der Waals surface area contributed by atoms with Gasteiger partial charge in [-0.05, 0) is 24.6 Å². The Bertz CT molecular complexity index is 428. The molecule has 1 heterocycles. The summed E-state index contributed by atoms with van der Waals surface area (Å²) in [6, 6.07) is 12.2. The van der Waals surface area contributed by atoms with Crippen LogP contribution in [0.3, 0.4) is 0 Å². The molecule has 4 heteroatoms. The highest BCUT2D eigenvalue weighted by Gasteiger charge is 2.05. The van der Waals surface area contributed by atoms with Crippen LogP contribution in [0.25, 0.3) is 0 Å². The molecular formula is C14H19N3O. The maximum Gasteiger partial charge on any atom is 0.0584 e. The van der Waals surface area contributed by atoms with Gasteiger partial charge in [-0.25, -0.2) is 0 Å². The van der Waals surface area contributed by atoms with Crippen molar-refractivity contribution in [3.05, 3.63) is 48.8 Å². The minimum Gasteiger partial charge on any atom is -0.396 e. The van der Waals surface area contributed by atoms with Crippen LogP contribution in [0, 0.1) is 0 Å². The van der Waals surface area contributed by atoms with E-state index in [2.05, 4.69) is 22.1 Å². The van der Waals surface area contributed by atoms with Crippen molar-refractivity contribution in [2.24, 2.45) is 0 Å². The molecule has 0 saturated heterocycles. The zero-order chi connectivity index (χ0) is 12.6. The third-order valence-corrected chi connectivity index (χ3v) is 2.87. The van der Waals surface area contributed by atoms with Crippen molar-refractivity contribution in [3.8, 4) is 0 Å². The van der Waals surface area contributed by atoms with Crippen LogP contribution < -0.4 is 4.90 Å². The fraction of sp³-hybridized carbons (Fsp3) is 0.357. The predicted molar refractivity (Wildman–Crippen MR) is 72.6 cm³/mol. The molecule has 2 aromatic rings. The molecule has 2 rings (SSSR count). The van der Waals surface area contributed by atoms with Crippen LogP contribution in [0.15, 0.2) is 48.8 Å². The molecule has 0 aliphatic heterocycles. The number of aliphatic hydroxyl groups is 1. The summed E-state index contributed by atoms with van der Waals surface area (Å²) in [4.78, 5) is 2.28. The van der Waals surface area contributed by atoms with E-state index in [-0.39, 0.29) is 6.61 Å². The number of benzene rings is 1. The van der Waals surface area contributed by atoms with Gasteiger partial charge in [0.15, 0.2) is 0 Å². The summed E-state index contributed by atoms with van der Waals surface area (Å²) < 4.78 is 1.93. The van der Waals surface area contributed by atoms with Crippen molar-refractivity contribution in [2.45, 2.75) is 13.0 Å². The van der Waals surface area contributed by atoms with Gasteiger partial charge in [0.05, 0.1) is 6.54 Å². The van der Waals surface area contributed by atoms with Gasteiger partial charge in [0.25, 0.3) is 0 Å². The maximum absolute atomic E-state index is 8.97. The van der Waals surface area contributed by atoms with Crippen molar-refractivity contribution >= 4 is 5.69 Å². The number of para-hydroxylation sites is 1. The van der Waals surface area contributed by atoms with Crippen LogP contribution >= 0.6 is 0 Å². The van der Waals surface area contributed by atoms with Crippen LogP contribution in [-0.2, 0) is 6.54 Å². The van der Waals surface area contributed by atoms with Gasteiger partial charge in [-0.1, -0.05) is 18.2 Å². The molecule has 0 amide bonds. The Morgan fingerprint density at radius 2 is 1.94 bits per heavy atom. The third-order valence-electron chi connectivity index (χ3n) is 2.87. The number of aromatic nitrogens is 2. The minimum absolute atomic E-state index is 0.227. The van der Waals surface area contributed by atoms with E-state index in [1.807, 2.05) is 35.1 Å². The number of aliphatic hydroxyl groups excluding tert-OH is 1. The summed E-state index contributed by atoms with van der Waals surface area (Å²) in [5.41, 5.74) is 1.19. The average Bonchev–Trinajstić information content (AvgIpc) is 2.93. The molecule has 1 aromatic carbocycles. The van der Waals surface area contributed by atoms with Crippen LogP contribution in [-0.4, -0.2) is 34.6 Å². The largest absolute Gasteiger partial charge is 0.396 e. The first-order chi connectivity index (χ1) is 8.90. The Hall–Kier alpha value is -1.81. The number of hydrogen-bond acceptors (Lipinski definition) is 3. The summed E-state index contributed by atoms with van der Waals surface area (Å²) in [6.07, 6.45) is 4.55. The summed E-state index contributed by atoms with van der Waals surface area (Å²) in [5.74, 6) is 0. The fourth-order valence-electron chi connectivity index (χ4n) is 1.93. The van der Waals surface area contributed by atoms with Gasteiger partial charge >= 0.3 is 0 Å². The Kier molecular flexibility index (Phi) is 4.78. The lowest BCUT2D eigenvalue weighted by molar-refractivity contribution is 0.289. The first-order valence-electron chi connectivity index (χ1n) is 6.28. The highest BCUT2D eigenvalue weighted by molar-refractivity contribution is 5.45. The van der Waals surface area contributed by atoms with Gasteiger partial charge < -0.3 is 10.0 Å². The van der Waals surface area contributed by atoms with Crippen molar-refractivity contribution in [2.75, 3.05) is 24.6 Å². The number of nitrogens with zero attached hydrogens (tertiary/aromatic N) is 3. The third kappa shape index (κ3) is 3.60. The normalized spacial score (nSPS) is 10.5. The fourth-order valence-corrected chi connectivity index (χ4v) is 1.93. The zero-order valence-electron chi connectivity index (χ0n) is 10.4. The SMILES string of the molecule is OCCCN(CCn1cccn1)c1ccccc1. The Morgan fingerprint density at radius 3 is 2.61 bits per heavy atom. The molecule has 0 radical (unpaired) electrons. The van der Waals surface area contributed by atoms with E-state index in [1.165, 1.54) is 5.69 Å². The molecule has 0 fully saturated rings. The predicted octanol–water partition coefficient (Wildman–Crippen LogP) is 1.77. The smallest absolute Gasteiger partial charge is 0.0584 e. The van der Waals surface area contributed by atoms with Gasteiger partial charge in [0, 0.05) is 37.8 Å². The maximum atomic E-state index is 8.97. The van der Waals surface area contributed by atoms with E-state index in [0.29, 0.717) is 0 Å². The molecule has 1 N–H and O–H groups in total. The van der Waals surface area contributed by atoms with Crippen LogP contribution in [0.2, 0.25) is 0 Å². The van der Waals surface area contributed by atoms with E-state index in [1.54, 1.807) is 6.20 Å².